The molecule has 0 aliphatic heterocycles. The van der Waals surface area contributed by atoms with E-state index in [1.807, 2.05) is 37.2 Å². The van der Waals surface area contributed by atoms with Crippen LogP contribution in [0.4, 0.5) is 0 Å². The molecule has 0 radical (unpaired) electrons. The number of hydrogen-bond donors (Lipinski definition) is 3. The van der Waals surface area contributed by atoms with Crippen LogP contribution in [0.25, 0.3) is 0 Å². The van der Waals surface area contributed by atoms with Gasteiger partial charge in [0.2, 0.25) is 0 Å². The van der Waals surface area contributed by atoms with Crippen LogP contribution in [0.3, 0.4) is 0 Å². The normalized spacial score (nSPS) is 25.2. The van der Waals surface area contributed by atoms with Crippen molar-refractivity contribution in [3.63, 3.8) is 0 Å². The zero-order valence-corrected chi connectivity index (χ0v) is 19.6. The first-order valence-corrected chi connectivity index (χ1v) is 11.8. The van der Waals surface area contributed by atoms with Gasteiger partial charge in [-0.3, -0.25) is 0 Å². The van der Waals surface area contributed by atoms with Crippen molar-refractivity contribution < 1.29 is 24.9 Å². The zero-order valence-electron chi connectivity index (χ0n) is 17.2. The number of aliphatic hydroxyl groups excluding tert-OH is 2. The number of aryl methyl sites for hydroxylation is 1. The molecule has 0 saturated heterocycles. The van der Waals surface area contributed by atoms with Crippen LogP contribution in [0, 0.1) is 24.7 Å². The second kappa shape index (κ2) is 12.6. The van der Waals surface area contributed by atoms with Gasteiger partial charge in [-0.25, -0.2) is 0 Å². The van der Waals surface area contributed by atoms with Gasteiger partial charge in [0.05, 0.1) is 0 Å². The Hall–Kier alpha value is -1.22. The SMILES string of the molecule is B=C[C@@H]1CC(O)[C@H](C/C=C\CCCC(=O)O)[C@H]1/C=C/[C@@H](O)COc1cc(Br)c(C)s1. The number of aliphatic hydroxyl groups is 2. The van der Waals surface area contributed by atoms with Crippen LogP contribution in [0.15, 0.2) is 34.8 Å². The maximum absolute atomic E-state index is 10.6. The molecule has 0 amide bonds. The summed E-state index contributed by atoms with van der Waals surface area (Å²) in [6.07, 6.45) is 9.45. The van der Waals surface area contributed by atoms with Gasteiger partial charge < -0.3 is 0 Å². The van der Waals surface area contributed by atoms with Gasteiger partial charge in [0.15, 0.2) is 0 Å². The molecule has 1 unspecified atom stereocenters. The molecule has 0 bridgehead atoms. The fourth-order valence-corrected chi connectivity index (χ4v) is 5.13. The number of hydrogen-bond acceptors (Lipinski definition) is 5. The summed E-state index contributed by atoms with van der Waals surface area (Å²) < 4.78 is 6.67. The van der Waals surface area contributed by atoms with Gasteiger partial charge in [0.25, 0.3) is 0 Å². The van der Waals surface area contributed by atoms with E-state index in [9.17, 15) is 15.0 Å². The summed E-state index contributed by atoms with van der Waals surface area (Å²) in [6.45, 7) is 2.17. The number of thiophene rings is 1. The number of carboxylic acids is 1. The third-order valence-electron chi connectivity index (χ3n) is 5.42. The summed E-state index contributed by atoms with van der Waals surface area (Å²) in [4.78, 5) is 11.7. The molecule has 5 atom stereocenters. The summed E-state index contributed by atoms with van der Waals surface area (Å²) in [6, 6.07) is 1.90. The topological polar surface area (TPSA) is 87.0 Å². The van der Waals surface area contributed by atoms with Crippen LogP contribution in [-0.4, -0.2) is 53.6 Å². The molecule has 164 valence electrons. The summed E-state index contributed by atoms with van der Waals surface area (Å²) >= 11 is 4.98. The average molecular weight is 497 g/mol. The quantitative estimate of drug-likeness (QED) is 0.233. The van der Waals surface area contributed by atoms with Crippen molar-refractivity contribution in [2.24, 2.45) is 17.8 Å². The van der Waals surface area contributed by atoms with E-state index in [2.05, 4.69) is 23.4 Å². The predicted octanol–water partition coefficient (Wildman–Crippen LogP) is 3.63. The van der Waals surface area contributed by atoms with Crippen LogP contribution in [0.5, 0.6) is 5.06 Å². The van der Waals surface area contributed by atoms with E-state index in [0.29, 0.717) is 19.3 Å². The molecule has 0 spiro atoms. The maximum atomic E-state index is 10.6. The van der Waals surface area contributed by atoms with E-state index in [1.54, 1.807) is 6.08 Å². The Morgan fingerprint density at radius 1 is 1.47 bits per heavy atom. The molecule has 5 nitrogen and oxygen atoms in total. The standard InChI is InChI=1S/C22H30BBrO5S/c1-14-19(24)11-22(30-14)29-13-16(25)8-9-17-15(12-23)10-20(26)18(17)6-4-2-3-5-7-21(27)28/h2,4,8-9,11-12,15-18,20,23,25-26H,3,5-7,10,13H2,1H3,(H,27,28)/b4-2-,9-8+/t15-,16+,17-,18+,20?/m0/s1. The number of unbranched alkanes of at least 4 members (excludes halogenated alkanes) is 1. The number of allylic oxidation sites excluding steroid dienone is 3. The number of ether oxygens (including phenoxy) is 1. The Morgan fingerprint density at radius 2 is 2.23 bits per heavy atom. The van der Waals surface area contributed by atoms with Crippen molar-refractivity contribution in [2.45, 2.75) is 51.2 Å². The van der Waals surface area contributed by atoms with Gasteiger partial charge in [-0.1, -0.05) is 0 Å². The van der Waals surface area contributed by atoms with Crippen LogP contribution in [0.2, 0.25) is 0 Å². The van der Waals surface area contributed by atoms with Gasteiger partial charge in [-0.15, -0.1) is 0 Å². The molecule has 30 heavy (non-hydrogen) atoms. The van der Waals surface area contributed by atoms with E-state index < -0.39 is 18.2 Å². The molecule has 0 aromatic carbocycles. The first kappa shape index (κ1) is 25.0. The molecule has 8 heteroatoms. The molecule has 1 aromatic heterocycles. The fraction of sp³-hybridized carbons (Fsp3) is 0.545. The second-order valence-electron chi connectivity index (χ2n) is 7.67. The van der Waals surface area contributed by atoms with Crippen molar-refractivity contribution in [2.75, 3.05) is 6.61 Å². The second-order valence-corrected chi connectivity index (χ2v) is 9.74. The van der Waals surface area contributed by atoms with E-state index in [0.717, 1.165) is 20.8 Å². The minimum atomic E-state index is -0.780. The Morgan fingerprint density at radius 3 is 2.87 bits per heavy atom. The molecule has 1 fully saturated rings. The average Bonchev–Trinajstić information content (AvgIpc) is 3.19. The van der Waals surface area contributed by atoms with Gasteiger partial charge in [0.1, 0.15) is 0 Å². The molecular formula is C22H30BBrO5S. The number of halogens is 1. The number of aliphatic carboxylic acids is 1. The Labute approximate surface area is 191 Å². The van der Waals surface area contributed by atoms with Crippen LogP contribution in [0.1, 0.15) is 37.0 Å². The van der Waals surface area contributed by atoms with E-state index in [-0.39, 0.29) is 30.8 Å². The van der Waals surface area contributed by atoms with E-state index in [1.165, 1.54) is 11.3 Å². The number of carbonyl (C=O) groups is 1. The first-order chi connectivity index (χ1) is 14.3. The van der Waals surface area contributed by atoms with Crippen LogP contribution in [-0.2, 0) is 4.79 Å². The molecule has 3 N–H and O–H groups in total. The molecular weight excluding hydrogens is 467 g/mol. The molecule has 1 heterocycles. The van der Waals surface area contributed by atoms with Gasteiger partial charge in [-0.05, 0) is 0 Å². The van der Waals surface area contributed by atoms with Crippen molar-refractivity contribution in [3.8, 4) is 5.06 Å². The third kappa shape index (κ3) is 7.80. The monoisotopic (exact) mass is 496 g/mol. The van der Waals surface area contributed by atoms with Crippen molar-refractivity contribution in [1.29, 1.82) is 0 Å². The van der Waals surface area contributed by atoms with E-state index >= 15 is 0 Å². The molecule has 1 saturated carbocycles. The fourth-order valence-electron chi connectivity index (χ4n) is 3.77. The van der Waals surface area contributed by atoms with E-state index in [4.69, 9.17) is 9.84 Å². The van der Waals surface area contributed by atoms with Crippen LogP contribution >= 0.6 is 27.3 Å². The van der Waals surface area contributed by atoms with Gasteiger partial charge in [-0.2, -0.15) is 0 Å². The Bertz CT molecular complexity index is 743. The Balaban J connectivity index is 1.89. The molecule has 1 aliphatic rings. The molecule has 2 rings (SSSR count). The van der Waals surface area contributed by atoms with Crippen molar-refractivity contribution in [1.82, 2.24) is 0 Å². The zero-order chi connectivity index (χ0) is 22.1. The summed E-state index contributed by atoms with van der Waals surface area (Å²) in [5, 5.41) is 30.3. The first-order valence-electron chi connectivity index (χ1n) is 10.2. The number of carboxylic acid groups (broad SMARTS) is 1. The molecule has 1 aliphatic carbocycles. The summed E-state index contributed by atoms with van der Waals surface area (Å²) in [5.41, 5.74) is 0. The van der Waals surface area contributed by atoms with Gasteiger partial charge in [0, 0.05) is 0 Å². The molecule has 1 aromatic rings. The number of rotatable bonds is 12. The summed E-state index contributed by atoms with van der Waals surface area (Å²) in [7, 11) is 3.90. The minimum absolute atomic E-state index is 0.0454. The van der Waals surface area contributed by atoms with Crippen molar-refractivity contribution in [3.05, 3.63) is 39.7 Å². The van der Waals surface area contributed by atoms with Crippen molar-refractivity contribution >= 4 is 46.7 Å². The third-order valence-corrected chi connectivity index (χ3v) is 7.47. The Kier molecular flexibility index (Phi) is 10.5. The van der Waals surface area contributed by atoms with Crippen LogP contribution < -0.4 is 4.74 Å². The van der Waals surface area contributed by atoms with Gasteiger partial charge >= 0.3 is 192 Å². The predicted molar refractivity (Wildman–Crippen MR) is 127 cm³/mol. The summed E-state index contributed by atoms with van der Waals surface area (Å²) in [5.74, 6) is 1.39.